The summed E-state index contributed by atoms with van der Waals surface area (Å²) in [6.45, 7) is 3.92. The first kappa shape index (κ1) is 20.1. The van der Waals surface area contributed by atoms with Gasteiger partial charge in [-0.25, -0.2) is 4.39 Å². The zero-order valence-corrected chi connectivity index (χ0v) is 17.2. The molecular weight excluding hydrogens is 379 g/mol. The van der Waals surface area contributed by atoms with E-state index in [2.05, 4.69) is 10.3 Å². The molecule has 30 heavy (non-hydrogen) atoms. The molecule has 1 aromatic heterocycles. The van der Waals surface area contributed by atoms with Crippen molar-refractivity contribution in [2.75, 3.05) is 5.32 Å². The number of alkyl halides is 1. The molecule has 4 nitrogen and oxygen atoms in total. The fraction of sp³-hybridized carbons (Fsp3) is 0.280. The van der Waals surface area contributed by atoms with E-state index in [1.807, 2.05) is 50.2 Å². The maximum absolute atomic E-state index is 15.4. The van der Waals surface area contributed by atoms with E-state index in [1.54, 1.807) is 18.2 Å². The Kier molecular flexibility index (Phi) is 5.29. The number of H-pyrrole nitrogens is 1. The van der Waals surface area contributed by atoms with Crippen LogP contribution in [0.5, 0.6) is 0 Å². The summed E-state index contributed by atoms with van der Waals surface area (Å²) >= 11 is 0. The number of aromatic nitrogens is 1. The van der Waals surface area contributed by atoms with E-state index in [0.717, 1.165) is 24.0 Å². The van der Waals surface area contributed by atoms with Crippen LogP contribution >= 0.6 is 0 Å². The second-order valence-corrected chi connectivity index (χ2v) is 8.16. The van der Waals surface area contributed by atoms with E-state index >= 15 is 4.39 Å². The standard InChI is InChI=1S/C25H25FN2O2/c1-16-5-9-18(10-6-16)20-15-21(25(26)13-3-4-14-25)28-24(30)22(20)23(29)27-19-11-7-17(2)8-12-19/h5-12,15H,3-4,13-14H2,1-2H3,(H,27,29)(H,28,30). The number of aryl methyl sites for hydroxylation is 2. The highest BCUT2D eigenvalue weighted by Gasteiger charge is 2.37. The number of aromatic amines is 1. The molecular formula is C25H25FN2O2. The Bertz CT molecular complexity index is 1130. The summed E-state index contributed by atoms with van der Waals surface area (Å²) in [6.07, 6.45) is 2.33. The molecule has 3 aromatic rings. The van der Waals surface area contributed by atoms with Crippen LogP contribution in [0.15, 0.2) is 59.4 Å². The Balaban J connectivity index is 1.82. The van der Waals surface area contributed by atoms with Crippen LogP contribution in [0, 0.1) is 13.8 Å². The zero-order chi connectivity index (χ0) is 21.3. The molecule has 0 spiro atoms. The van der Waals surface area contributed by atoms with Crippen molar-refractivity contribution in [3.05, 3.63) is 87.3 Å². The minimum atomic E-state index is -1.55. The van der Waals surface area contributed by atoms with Crippen LogP contribution in [-0.2, 0) is 5.67 Å². The molecule has 154 valence electrons. The first-order valence-corrected chi connectivity index (χ1v) is 10.3. The van der Waals surface area contributed by atoms with E-state index in [4.69, 9.17) is 0 Å². The number of hydrogen-bond acceptors (Lipinski definition) is 2. The summed E-state index contributed by atoms with van der Waals surface area (Å²) in [5, 5.41) is 2.79. The van der Waals surface area contributed by atoms with Crippen molar-refractivity contribution in [1.29, 1.82) is 0 Å². The molecule has 0 unspecified atom stereocenters. The second-order valence-electron chi connectivity index (χ2n) is 8.16. The van der Waals surface area contributed by atoms with Gasteiger partial charge in [-0.3, -0.25) is 9.59 Å². The van der Waals surface area contributed by atoms with E-state index in [0.29, 0.717) is 29.7 Å². The summed E-state index contributed by atoms with van der Waals surface area (Å²) in [5.41, 5.74) is 2.01. The molecule has 0 bridgehead atoms. The average molecular weight is 404 g/mol. The molecule has 0 saturated heterocycles. The zero-order valence-electron chi connectivity index (χ0n) is 17.2. The Morgan fingerprint density at radius 2 is 1.53 bits per heavy atom. The van der Waals surface area contributed by atoms with Crippen LogP contribution in [-0.4, -0.2) is 10.9 Å². The van der Waals surface area contributed by atoms with E-state index in [-0.39, 0.29) is 11.3 Å². The molecule has 4 rings (SSSR count). The monoisotopic (exact) mass is 404 g/mol. The first-order valence-electron chi connectivity index (χ1n) is 10.3. The van der Waals surface area contributed by atoms with E-state index in [9.17, 15) is 9.59 Å². The lowest BCUT2D eigenvalue weighted by Gasteiger charge is -2.21. The van der Waals surface area contributed by atoms with Gasteiger partial charge in [0.2, 0.25) is 0 Å². The Hall–Kier alpha value is -3.21. The number of carbonyl (C=O) groups is 1. The van der Waals surface area contributed by atoms with Gasteiger partial charge >= 0.3 is 0 Å². The fourth-order valence-electron chi connectivity index (χ4n) is 4.02. The predicted molar refractivity (Wildman–Crippen MR) is 118 cm³/mol. The Labute approximate surface area is 175 Å². The van der Waals surface area contributed by atoms with Gasteiger partial charge in [-0.2, -0.15) is 0 Å². The highest BCUT2D eigenvalue weighted by atomic mass is 19.1. The lowest BCUT2D eigenvalue weighted by atomic mass is 9.93. The highest BCUT2D eigenvalue weighted by molar-refractivity contribution is 6.08. The van der Waals surface area contributed by atoms with Crippen LogP contribution in [0.25, 0.3) is 11.1 Å². The Morgan fingerprint density at radius 3 is 2.13 bits per heavy atom. The molecule has 5 heteroatoms. The highest BCUT2D eigenvalue weighted by Crippen LogP contribution is 2.42. The largest absolute Gasteiger partial charge is 0.322 e. The number of benzene rings is 2. The topological polar surface area (TPSA) is 62.0 Å². The fourth-order valence-corrected chi connectivity index (χ4v) is 4.02. The van der Waals surface area contributed by atoms with Gasteiger partial charge in [0.25, 0.3) is 11.5 Å². The molecule has 1 saturated carbocycles. The molecule has 1 aliphatic carbocycles. The second kappa shape index (κ2) is 7.90. The van der Waals surface area contributed by atoms with Crippen molar-refractivity contribution in [1.82, 2.24) is 4.98 Å². The molecule has 0 aliphatic heterocycles. The molecule has 1 heterocycles. The molecule has 0 atom stereocenters. The predicted octanol–water partition coefficient (Wildman–Crippen LogP) is 5.65. The van der Waals surface area contributed by atoms with Crippen LogP contribution in [0.4, 0.5) is 10.1 Å². The van der Waals surface area contributed by atoms with Gasteiger partial charge < -0.3 is 10.3 Å². The maximum atomic E-state index is 15.4. The summed E-state index contributed by atoms with van der Waals surface area (Å²) in [4.78, 5) is 28.7. The van der Waals surface area contributed by atoms with Gasteiger partial charge in [0.1, 0.15) is 5.56 Å². The lowest BCUT2D eigenvalue weighted by Crippen LogP contribution is -2.29. The maximum Gasteiger partial charge on any atom is 0.261 e. The van der Waals surface area contributed by atoms with Gasteiger partial charge in [0, 0.05) is 11.3 Å². The van der Waals surface area contributed by atoms with Crippen LogP contribution < -0.4 is 10.9 Å². The summed E-state index contributed by atoms with van der Waals surface area (Å²) in [6, 6.07) is 16.5. The number of halogens is 1. The van der Waals surface area contributed by atoms with E-state index < -0.39 is 17.1 Å². The number of carbonyl (C=O) groups excluding carboxylic acids is 1. The molecule has 1 fully saturated rings. The molecule has 0 radical (unpaired) electrons. The van der Waals surface area contributed by atoms with Crippen molar-refractivity contribution in [2.45, 2.75) is 45.2 Å². The van der Waals surface area contributed by atoms with Gasteiger partial charge in [-0.05, 0) is 63.3 Å². The first-order chi connectivity index (χ1) is 14.4. The smallest absolute Gasteiger partial charge is 0.261 e. The quantitative estimate of drug-likeness (QED) is 0.590. The van der Waals surface area contributed by atoms with Crippen LogP contribution in [0.3, 0.4) is 0 Å². The molecule has 2 aromatic carbocycles. The Morgan fingerprint density at radius 1 is 0.967 bits per heavy atom. The third-order valence-corrected chi connectivity index (χ3v) is 5.81. The number of anilines is 1. The summed E-state index contributed by atoms with van der Waals surface area (Å²) in [5.74, 6) is -0.512. The van der Waals surface area contributed by atoms with Crippen molar-refractivity contribution in [2.24, 2.45) is 0 Å². The third-order valence-electron chi connectivity index (χ3n) is 5.81. The number of nitrogens with one attached hydrogen (secondary N) is 2. The normalized spacial score (nSPS) is 15.2. The van der Waals surface area contributed by atoms with Crippen LogP contribution in [0.2, 0.25) is 0 Å². The number of hydrogen-bond donors (Lipinski definition) is 2. The minimum Gasteiger partial charge on any atom is -0.322 e. The van der Waals surface area contributed by atoms with Gasteiger partial charge in [0.05, 0.1) is 5.69 Å². The van der Waals surface area contributed by atoms with Crippen LogP contribution in [0.1, 0.15) is 52.9 Å². The van der Waals surface area contributed by atoms with Gasteiger partial charge in [-0.1, -0.05) is 47.5 Å². The van der Waals surface area contributed by atoms with Crippen molar-refractivity contribution < 1.29 is 9.18 Å². The SMILES string of the molecule is Cc1ccc(NC(=O)c2c(-c3ccc(C)cc3)cc(C3(F)CCCC3)[nH]c2=O)cc1. The number of pyridine rings is 1. The minimum absolute atomic E-state index is 0.00947. The van der Waals surface area contributed by atoms with Crippen molar-refractivity contribution in [3.8, 4) is 11.1 Å². The molecule has 2 N–H and O–H groups in total. The van der Waals surface area contributed by atoms with Crippen molar-refractivity contribution in [3.63, 3.8) is 0 Å². The van der Waals surface area contributed by atoms with Gasteiger partial charge in [0.15, 0.2) is 5.67 Å². The third kappa shape index (κ3) is 3.92. The van der Waals surface area contributed by atoms with Crippen molar-refractivity contribution >= 4 is 11.6 Å². The van der Waals surface area contributed by atoms with E-state index in [1.165, 1.54) is 0 Å². The number of amides is 1. The lowest BCUT2D eigenvalue weighted by molar-refractivity contribution is 0.102. The molecule has 1 amide bonds. The van der Waals surface area contributed by atoms with Gasteiger partial charge in [-0.15, -0.1) is 0 Å². The summed E-state index contributed by atoms with van der Waals surface area (Å²) < 4.78 is 15.4. The summed E-state index contributed by atoms with van der Waals surface area (Å²) in [7, 11) is 0. The average Bonchev–Trinajstić information content (AvgIpc) is 3.17. The number of rotatable bonds is 4. The molecule has 1 aliphatic rings.